The molecule has 1 rings (SSSR count). The third-order valence-corrected chi connectivity index (χ3v) is 2.02. The molecule has 100 valence electrons. The zero-order valence-electron chi connectivity index (χ0n) is 10.4. The highest BCUT2D eigenvalue weighted by molar-refractivity contribution is 5.93. The van der Waals surface area contributed by atoms with Crippen LogP contribution in [0.15, 0.2) is 16.5 Å². The molecule has 6 nitrogen and oxygen atoms in total. The normalized spacial score (nSPS) is 10.6. The molecule has 0 saturated carbocycles. The minimum absolute atomic E-state index is 0.0174. The van der Waals surface area contributed by atoms with Gasteiger partial charge >= 0.3 is 5.97 Å². The summed E-state index contributed by atoms with van der Waals surface area (Å²) in [5.74, 6) is -1.47. The molecule has 1 aromatic rings. The Labute approximate surface area is 105 Å². The first-order valence-electron chi connectivity index (χ1n) is 5.69. The third kappa shape index (κ3) is 4.58. The molecule has 0 atom stereocenters. The first-order valence-corrected chi connectivity index (χ1v) is 5.69. The lowest BCUT2D eigenvalue weighted by molar-refractivity contribution is 0.0659. The quantitative estimate of drug-likeness (QED) is 0.718. The zero-order chi connectivity index (χ0) is 13.5. The summed E-state index contributed by atoms with van der Waals surface area (Å²) in [5, 5.41) is 11.2. The molecular weight excluding hydrogens is 238 g/mol. The van der Waals surface area contributed by atoms with Gasteiger partial charge in [0, 0.05) is 13.2 Å². The van der Waals surface area contributed by atoms with Crippen molar-refractivity contribution in [1.29, 1.82) is 0 Å². The van der Waals surface area contributed by atoms with Crippen LogP contribution in [0.3, 0.4) is 0 Å². The summed E-state index contributed by atoms with van der Waals surface area (Å²) in [6, 6.07) is 2.57. The second-order valence-corrected chi connectivity index (χ2v) is 4.19. The Morgan fingerprint density at radius 3 is 2.61 bits per heavy atom. The van der Waals surface area contributed by atoms with E-state index in [1.807, 2.05) is 13.8 Å². The van der Waals surface area contributed by atoms with Crippen molar-refractivity contribution < 1.29 is 23.8 Å². The molecule has 0 aliphatic heterocycles. The molecule has 0 unspecified atom stereocenters. The number of carbonyl (C=O) groups excluding carboxylic acids is 1. The molecule has 0 radical (unpaired) electrons. The van der Waals surface area contributed by atoms with E-state index in [0.29, 0.717) is 25.7 Å². The number of amides is 1. The lowest BCUT2D eigenvalue weighted by Crippen LogP contribution is -2.27. The first-order chi connectivity index (χ1) is 8.50. The average molecular weight is 255 g/mol. The summed E-state index contributed by atoms with van der Waals surface area (Å²) in [6.07, 6.45) is 0. The van der Waals surface area contributed by atoms with Crippen LogP contribution in [0, 0.1) is 5.92 Å². The van der Waals surface area contributed by atoms with E-state index in [2.05, 4.69) is 5.32 Å². The van der Waals surface area contributed by atoms with Crippen molar-refractivity contribution in [3.05, 3.63) is 23.7 Å². The number of hydrogen-bond donors (Lipinski definition) is 2. The maximum absolute atomic E-state index is 11.5. The molecular formula is C12H17NO5. The molecule has 0 bridgehead atoms. The molecule has 6 heteroatoms. The van der Waals surface area contributed by atoms with E-state index in [4.69, 9.17) is 14.3 Å². The topological polar surface area (TPSA) is 88.8 Å². The van der Waals surface area contributed by atoms with Gasteiger partial charge in [-0.3, -0.25) is 4.79 Å². The van der Waals surface area contributed by atoms with Gasteiger partial charge in [0.15, 0.2) is 5.76 Å². The largest absolute Gasteiger partial charge is 0.475 e. The number of hydrogen-bond acceptors (Lipinski definition) is 4. The number of aromatic carboxylic acids is 1. The van der Waals surface area contributed by atoms with Gasteiger partial charge in [0.05, 0.1) is 6.61 Å². The Hall–Kier alpha value is -1.82. The Morgan fingerprint density at radius 1 is 1.39 bits per heavy atom. The van der Waals surface area contributed by atoms with Crippen LogP contribution in [-0.2, 0) is 4.74 Å². The predicted octanol–water partition coefficient (Wildman–Crippen LogP) is 1.38. The van der Waals surface area contributed by atoms with E-state index in [0.717, 1.165) is 0 Å². The summed E-state index contributed by atoms with van der Waals surface area (Å²) in [6.45, 7) is 5.48. The van der Waals surface area contributed by atoms with Gasteiger partial charge in [-0.25, -0.2) is 4.79 Å². The van der Waals surface area contributed by atoms with Crippen molar-refractivity contribution in [2.75, 3.05) is 19.8 Å². The van der Waals surface area contributed by atoms with Crippen molar-refractivity contribution in [2.45, 2.75) is 13.8 Å². The van der Waals surface area contributed by atoms with Crippen LogP contribution in [0.5, 0.6) is 0 Å². The number of rotatable bonds is 7. The van der Waals surface area contributed by atoms with Gasteiger partial charge < -0.3 is 19.6 Å². The van der Waals surface area contributed by atoms with Crippen LogP contribution in [0.4, 0.5) is 0 Å². The number of carboxylic acids is 1. The second-order valence-electron chi connectivity index (χ2n) is 4.19. The molecule has 1 heterocycles. The van der Waals surface area contributed by atoms with E-state index >= 15 is 0 Å². The molecule has 0 saturated heterocycles. The molecule has 2 N–H and O–H groups in total. The number of furan rings is 1. The SMILES string of the molecule is CC(C)COCCNC(=O)c1ccc(C(=O)O)o1. The van der Waals surface area contributed by atoms with E-state index in [1.165, 1.54) is 12.1 Å². The fourth-order valence-corrected chi connectivity index (χ4v) is 1.22. The predicted molar refractivity (Wildman–Crippen MR) is 63.7 cm³/mol. The van der Waals surface area contributed by atoms with Gasteiger partial charge in [-0.15, -0.1) is 0 Å². The minimum Gasteiger partial charge on any atom is -0.475 e. The molecule has 0 fully saturated rings. The first kappa shape index (κ1) is 14.2. The number of carboxylic acid groups (broad SMARTS) is 1. The summed E-state index contributed by atoms with van der Waals surface area (Å²) in [5.41, 5.74) is 0. The van der Waals surface area contributed by atoms with Gasteiger partial charge in [-0.05, 0) is 18.1 Å². The van der Waals surface area contributed by atoms with Crippen LogP contribution in [0.2, 0.25) is 0 Å². The van der Waals surface area contributed by atoms with Gasteiger partial charge in [0.2, 0.25) is 5.76 Å². The van der Waals surface area contributed by atoms with Crippen molar-refractivity contribution in [2.24, 2.45) is 5.92 Å². The highest BCUT2D eigenvalue weighted by Crippen LogP contribution is 2.07. The highest BCUT2D eigenvalue weighted by atomic mass is 16.5. The van der Waals surface area contributed by atoms with Crippen LogP contribution < -0.4 is 5.32 Å². The number of ether oxygens (including phenoxy) is 1. The van der Waals surface area contributed by atoms with E-state index in [9.17, 15) is 9.59 Å². The molecule has 0 aliphatic carbocycles. The molecule has 1 aromatic heterocycles. The molecule has 0 aliphatic rings. The number of carbonyl (C=O) groups is 2. The van der Waals surface area contributed by atoms with Crippen molar-refractivity contribution >= 4 is 11.9 Å². The van der Waals surface area contributed by atoms with Crippen LogP contribution in [0.1, 0.15) is 35.0 Å². The maximum atomic E-state index is 11.5. The number of nitrogens with one attached hydrogen (secondary N) is 1. The van der Waals surface area contributed by atoms with Gasteiger partial charge in [0.25, 0.3) is 5.91 Å². The lowest BCUT2D eigenvalue weighted by atomic mass is 10.2. The summed E-state index contributed by atoms with van der Waals surface area (Å²) < 4.78 is 10.1. The fourth-order valence-electron chi connectivity index (χ4n) is 1.22. The molecule has 0 aromatic carbocycles. The van der Waals surface area contributed by atoms with E-state index in [-0.39, 0.29) is 11.5 Å². The van der Waals surface area contributed by atoms with Crippen LogP contribution in [0.25, 0.3) is 0 Å². The smallest absolute Gasteiger partial charge is 0.371 e. The van der Waals surface area contributed by atoms with Crippen molar-refractivity contribution in [3.63, 3.8) is 0 Å². The Kier molecular flexibility index (Phi) is 5.38. The lowest BCUT2D eigenvalue weighted by Gasteiger charge is -2.07. The zero-order valence-corrected chi connectivity index (χ0v) is 10.4. The Balaban J connectivity index is 2.30. The maximum Gasteiger partial charge on any atom is 0.371 e. The van der Waals surface area contributed by atoms with E-state index < -0.39 is 11.9 Å². The summed E-state index contributed by atoms with van der Waals surface area (Å²) in [7, 11) is 0. The standard InChI is InChI=1S/C12H17NO5/c1-8(2)7-17-6-5-13-11(14)9-3-4-10(18-9)12(15)16/h3-4,8H,5-7H2,1-2H3,(H,13,14)(H,15,16). The summed E-state index contributed by atoms with van der Waals surface area (Å²) in [4.78, 5) is 22.1. The van der Waals surface area contributed by atoms with Gasteiger partial charge in [-0.1, -0.05) is 13.8 Å². The van der Waals surface area contributed by atoms with Crippen molar-refractivity contribution in [3.8, 4) is 0 Å². The minimum atomic E-state index is -1.20. The monoisotopic (exact) mass is 255 g/mol. The molecule has 18 heavy (non-hydrogen) atoms. The fraction of sp³-hybridized carbons (Fsp3) is 0.500. The van der Waals surface area contributed by atoms with Gasteiger partial charge in [0.1, 0.15) is 0 Å². The average Bonchev–Trinajstić information content (AvgIpc) is 2.77. The summed E-state index contributed by atoms with van der Waals surface area (Å²) >= 11 is 0. The highest BCUT2D eigenvalue weighted by Gasteiger charge is 2.14. The molecule has 1 amide bonds. The van der Waals surface area contributed by atoms with Gasteiger partial charge in [-0.2, -0.15) is 0 Å². The molecule has 0 spiro atoms. The Bertz CT molecular complexity index is 410. The van der Waals surface area contributed by atoms with E-state index in [1.54, 1.807) is 0 Å². The third-order valence-electron chi connectivity index (χ3n) is 2.02. The second kappa shape index (κ2) is 6.80. The van der Waals surface area contributed by atoms with Crippen LogP contribution in [-0.4, -0.2) is 36.7 Å². The van der Waals surface area contributed by atoms with Crippen LogP contribution >= 0.6 is 0 Å². The Morgan fingerprint density at radius 2 is 2.06 bits per heavy atom. The van der Waals surface area contributed by atoms with Crippen molar-refractivity contribution in [1.82, 2.24) is 5.32 Å².